The number of fused-ring (bicyclic) bond motifs is 2. The number of hydrogen-bond donors (Lipinski definition) is 0. The molecule has 2 aromatic rings. The van der Waals surface area contributed by atoms with Crippen LogP contribution in [0.15, 0.2) is 42.5 Å². The van der Waals surface area contributed by atoms with Crippen LogP contribution in [-0.2, 0) is 22.4 Å². The van der Waals surface area contributed by atoms with Crippen LogP contribution in [0, 0.1) is 0 Å². The molecule has 0 heterocycles. The third-order valence-electron chi connectivity index (χ3n) is 4.42. The molecule has 0 N–H and O–H groups in total. The number of aryl methyl sites for hydroxylation is 2. The van der Waals surface area contributed by atoms with Gasteiger partial charge in [-0.15, -0.1) is 0 Å². The number of rotatable bonds is 3. The summed E-state index contributed by atoms with van der Waals surface area (Å²) in [6.07, 6.45) is 2.31. The maximum absolute atomic E-state index is 11.9. The highest BCUT2D eigenvalue weighted by molar-refractivity contribution is 5.72. The normalized spacial score (nSPS) is 16.2. The van der Waals surface area contributed by atoms with Gasteiger partial charge in [0.15, 0.2) is 0 Å². The molecule has 3 nitrogen and oxygen atoms in total. The highest BCUT2D eigenvalue weighted by atomic mass is 16.5. The molecule has 1 aliphatic carbocycles. The van der Waals surface area contributed by atoms with Gasteiger partial charge in [0.1, 0.15) is 5.75 Å². The Balaban J connectivity index is 2.10. The van der Waals surface area contributed by atoms with Crippen LogP contribution in [-0.4, -0.2) is 20.2 Å². The van der Waals surface area contributed by atoms with Crippen molar-refractivity contribution in [3.05, 3.63) is 64.7 Å². The fourth-order valence-electron chi connectivity index (χ4n) is 3.27. The Kier molecular flexibility index (Phi) is 4.14. The third kappa shape index (κ3) is 2.71. The van der Waals surface area contributed by atoms with E-state index in [1.54, 1.807) is 7.11 Å². The molecule has 3 heteroatoms. The van der Waals surface area contributed by atoms with E-state index >= 15 is 0 Å². The topological polar surface area (TPSA) is 35.5 Å². The van der Waals surface area contributed by atoms with E-state index in [4.69, 9.17) is 9.47 Å². The van der Waals surface area contributed by atoms with Gasteiger partial charge in [-0.3, -0.25) is 4.79 Å². The summed E-state index contributed by atoms with van der Waals surface area (Å²) in [5, 5.41) is 0. The van der Waals surface area contributed by atoms with E-state index in [9.17, 15) is 4.79 Å². The zero-order valence-electron chi connectivity index (χ0n) is 13.0. The average molecular weight is 296 g/mol. The molecule has 0 bridgehead atoms. The molecule has 1 atom stereocenters. The Labute approximate surface area is 130 Å². The first kappa shape index (κ1) is 14.6. The van der Waals surface area contributed by atoms with Crippen molar-refractivity contribution in [3.63, 3.8) is 0 Å². The van der Waals surface area contributed by atoms with E-state index in [-0.39, 0.29) is 11.9 Å². The van der Waals surface area contributed by atoms with Gasteiger partial charge in [-0.1, -0.05) is 30.3 Å². The maximum Gasteiger partial charge on any atom is 0.306 e. The van der Waals surface area contributed by atoms with Crippen LogP contribution in [0.4, 0.5) is 0 Å². The van der Waals surface area contributed by atoms with Crippen molar-refractivity contribution in [3.8, 4) is 5.75 Å². The second kappa shape index (κ2) is 6.22. The monoisotopic (exact) mass is 296 g/mol. The minimum atomic E-state index is -0.177. The molecule has 22 heavy (non-hydrogen) atoms. The molecule has 3 rings (SSSR count). The fraction of sp³-hybridized carbons (Fsp3) is 0.316. The van der Waals surface area contributed by atoms with Gasteiger partial charge in [0, 0.05) is 5.92 Å². The van der Waals surface area contributed by atoms with E-state index in [0.717, 1.165) is 18.6 Å². The Morgan fingerprint density at radius 3 is 2.55 bits per heavy atom. The summed E-state index contributed by atoms with van der Waals surface area (Å²) in [5.41, 5.74) is 5.00. The van der Waals surface area contributed by atoms with Crippen LogP contribution in [0.25, 0.3) is 0 Å². The number of benzene rings is 2. The lowest BCUT2D eigenvalue weighted by molar-refractivity contribution is -0.140. The quantitative estimate of drug-likeness (QED) is 0.813. The molecule has 0 amide bonds. The van der Waals surface area contributed by atoms with Gasteiger partial charge in [-0.2, -0.15) is 0 Å². The number of carbonyl (C=O) groups excluding carboxylic acids is 1. The fourth-order valence-corrected chi connectivity index (χ4v) is 3.27. The van der Waals surface area contributed by atoms with Crippen LogP contribution in [0.5, 0.6) is 5.75 Å². The molecule has 0 saturated carbocycles. The number of esters is 1. The zero-order chi connectivity index (χ0) is 15.5. The standard InChI is InChI=1S/C19H20O3/c1-21-15-9-10-17-14(11-15)8-7-13-5-3-4-6-16(13)18(17)12-19(20)22-2/h3-6,9-11,18H,7-8,12H2,1-2H3. The van der Waals surface area contributed by atoms with E-state index in [2.05, 4.69) is 30.3 Å². The van der Waals surface area contributed by atoms with Gasteiger partial charge in [-0.05, 0) is 47.2 Å². The number of carbonyl (C=O) groups is 1. The molecule has 0 radical (unpaired) electrons. The largest absolute Gasteiger partial charge is 0.497 e. The van der Waals surface area contributed by atoms with Crippen molar-refractivity contribution >= 4 is 5.97 Å². The van der Waals surface area contributed by atoms with Crippen molar-refractivity contribution in [2.75, 3.05) is 14.2 Å². The third-order valence-corrected chi connectivity index (χ3v) is 4.42. The van der Waals surface area contributed by atoms with Gasteiger partial charge in [0.2, 0.25) is 0 Å². The minimum Gasteiger partial charge on any atom is -0.497 e. The summed E-state index contributed by atoms with van der Waals surface area (Å²) < 4.78 is 10.2. The number of hydrogen-bond acceptors (Lipinski definition) is 3. The van der Waals surface area contributed by atoms with Gasteiger partial charge in [-0.25, -0.2) is 0 Å². The van der Waals surface area contributed by atoms with Crippen molar-refractivity contribution in [1.29, 1.82) is 0 Å². The van der Waals surface area contributed by atoms with Crippen molar-refractivity contribution in [2.45, 2.75) is 25.2 Å². The Hall–Kier alpha value is -2.29. The summed E-state index contributed by atoms with van der Waals surface area (Å²) in [6, 6.07) is 14.5. The van der Waals surface area contributed by atoms with E-state index < -0.39 is 0 Å². The minimum absolute atomic E-state index is 0.0482. The predicted octanol–water partition coefficient (Wildman–Crippen LogP) is 3.49. The lowest BCUT2D eigenvalue weighted by Crippen LogP contribution is -2.11. The first-order chi connectivity index (χ1) is 10.7. The molecule has 0 aromatic heterocycles. The van der Waals surface area contributed by atoms with Crippen molar-refractivity contribution in [2.24, 2.45) is 0 Å². The second-order valence-electron chi connectivity index (χ2n) is 5.60. The molecule has 0 aliphatic heterocycles. The van der Waals surface area contributed by atoms with Gasteiger partial charge in [0.05, 0.1) is 20.6 Å². The van der Waals surface area contributed by atoms with Crippen LogP contribution >= 0.6 is 0 Å². The average Bonchev–Trinajstić information content (AvgIpc) is 2.72. The summed E-state index contributed by atoms with van der Waals surface area (Å²) in [5.74, 6) is 0.733. The van der Waals surface area contributed by atoms with Crippen LogP contribution in [0.2, 0.25) is 0 Å². The summed E-state index contributed by atoms with van der Waals surface area (Å²) in [6.45, 7) is 0. The highest BCUT2D eigenvalue weighted by Gasteiger charge is 2.26. The smallest absolute Gasteiger partial charge is 0.306 e. The van der Waals surface area contributed by atoms with Crippen LogP contribution in [0.1, 0.15) is 34.6 Å². The molecule has 0 saturated heterocycles. The Bertz CT molecular complexity index is 691. The molecule has 1 unspecified atom stereocenters. The van der Waals surface area contributed by atoms with E-state index in [1.807, 2.05) is 12.1 Å². The Morgan fingerprint density at radius 1 is 1.05 bits per heavy atom. The summed E-state index contributed by atoms with van der Waals surface area (Å²) >= 11 is 0. The molecule has 2 aromatic carbocycles. The lowest BCUT2D eigenvalue weighted by Gasteiger charge is -2.19. The second-order valence-corrected chi connectivity index (χ2v) is 5.60. The summed E-state index contributed by atoms with van der Waals surface area (Å²) in [4.78, 5) is 11.9. The zero-order valence-corrected chi connectivity index (χ0v) is 13.0. The number of ether oxygens (including phenoxy) is 2. The predicted molar refractivity (Wildman–Crippen MR) is 85.3 cm³/mol. The highest BCUT2D eigenvalue weighted by Crippen LogP contribution is 2.37. The molecule has 0 fully saturated rings. The molecular weight excluding hydrogens is 276 g/mol. The van der Waals surface area contributed by atoms with Crippen LogP contribution < -0.4 is 4.74 Å². The van der Waals surface area contributed by atoms with Crippen molar-refractivity contribution < 1.29 is 14.3 Å². The van der Waals surface area contributed by atoms with Gasteiger partial charge in [0.25, 0.3) is 0 Å². The van der Waals surface area contributed by atoms with Crippen molar-refractivity contribution in [1.82, 2.24) is 0 Å². The first-order valence-corrected chi connectivity index (χ1v) is 7.54. The van der Waals surface area contributed by atoms with E-state index in [1.165, 1.54) is 29.4 Å². The molecule has 0 spiro atoms. The van der Waals surface area contributed by atoms with Crippen LogP contribution in [0.3, 0.4) is 0 Å². The number of methoxy groups -OCH3 is 2. The SMILES string of the molecule is COC(=O)CC1c2ccccc2CCc2cc(OC)ccc21. The Morgan fingerprint density at radius 2 is 1.77 bits per heavy atom. The first-order valence-electron chi connectivity index (χ1n) is 7.54. The van der Waals surface area contributed by atoms with Gasteiger partial charge >= 0.3 is 5.97 Å². The molecule has 114 valence electrons. The summed E-state index contributed by atoms with van der Waals surface area (Å²) in [7, 11) is 3.12. The maximum atomic E-state index is 11.9. The van der Waals surface area contributed by atoms with Gasteiger partial charge < -0.3 is 9.47 Å². The molecular formula is C19H20O3. The molecule has 1 aliphatic rings. The lowest BCUT2D eigenvalue weighted by atomic mass is 9.85. The van der Waals surface area contributed by atoms with E-state index in [0.29, 0.717) is 6.42 Å².